The molecule has 0 aliphatic carbocycles. The molecule has 102 valence electrons. The Kier molecular flexibility index (Phi) is 4.37. The predicted octanol–water partition coefficient (Wildman–Crippen LogP) is 1.97. The van der Waals surface area contributed by atoms with Crippen LogP contribution in [0.5, 0.6) is 0 Å². The van der Waals surface area contributed by atoms with Crippen LogP contribution in [-0.2, 0) is 19.4 Å². The quantitative estimate of drug-likeness (QED) is 0.903. The van der Waals surface area contributed by atoms with Gasteiger partial charge in [0.2, 0.25) is 5.95 Å². The van der Waals surface area contributed by atoms with Crippen LogP contribution in [0.1, 0.15) is 25.1 Å². The predicted molar refractivity (Wildman–Crippen MR) is 62.9 cm³/mol. The smallest absolute Gasteiger partial charge is 0.359 e. The van der Waals surface area contributed by atoms with E-state index in [1.54, 1.807) is 6.92 Å². The molecule has 0 spiro atoms. The molecule has 18 heavy (non-hydrogen) atoms. The average molecular weight is 263 g/mol. The van der Waals surface area contributed by atoms with Crippen LogP contribution in [0.25, 0.3) is 0 Å². The normalized spacial score (nSPS) is 11.7. The Labute approximate surface area is 103 Å². The van der Waals surface area contributed by atoms with E-state index in [1.165, 1.54) is 7.05 Å². The third-order valence-corrected chi connectivity index (χ3v) is 2.60. The lowest BCUT2D eigenvalue weighted by Gasteiger charge is -2.16. The number of rotatable bonds is 4. The summed E-state index contributed by atoms with van der Waals surface area (Å²) in [4.78, 5) is 16.1. The molecule has 0 amide bonds. The van der Waals surface area contributed by atoms with E-state index >= 15 is 0 Å². The molecule has 0 radical (unpaired) electrons. The number of aromatic nitrogens is 2. The Bertz CT molecular complexity index is 480. The summed E-state index contributed by atoms with van der Waals surface area (Å²) in [5.41, 5.74) is 0.275. The van der Waals surface area contributed by atoms with Gasteiger partial charge in [-0.2, -0.15) is 13.2 Å². The lowest BCUT2D eigenvalue weighted by molar-refractivity contribution is -0.141. The molecule has 1 aromatic rings. The monoisotopic (exact) mass is 263 g/mol. The summed E-state index contributed by atoms with van der Waals surface area (Å²) in [6, 6.07) is 0. The highest BCUT2D eigenvalue weighted by Gasteiger charge is 2.30. The van der Waals surface area contributed by atoms with Crippen molar-refractivity contribution in [3.8, 4) is 0 Å². The number of halogens is 3. The van der Waals surface area contributed by atoms with E-state index in [0.29, 0.717) is 28.7 Å². The molecule has 1 heterocycles. The van der Waals surface area contributed by atoms with E-state index in [9.17, 15) is 18.0 Å². The van der Waals surface area contributed by atoms with Crippen molar-refractivity contribution in [2.24, 2.45) is 0 Å². The van der Waals surface area contributed by atoms with Crippen LogP contribution in [0.15, 0.2) is 4.79 Å². The lowest BCUT2D eigenvalue weighted by Crippen LogP contribution is -2.33. The minimum atomic E-state index is -4.45. The molecule has 0 unspecified atom stereocenters. The topological polar surface area (TPSA) is 46.9 Å². The van der Waals surface area contributed by atoms with Gasteiger partial charge in [0.25, 0.3) is 5.56 Å². The first-order valence-corrected chi connectivity index (χ1v) is 5.71. The van der Waals surface area contributed by atoms with Crippen molar-refractivity contribution in [1.82, 2.24) is 9.55 Å². The molecule has 0 atom stereocenters. The molecule has 4 nitrogen and oxygen atoms in total. The molecular weight excluding hydrogens is 247 g/mol. The second-order valence-corrected chi connectivity index (χ2v) is 3.82. The van der Waals surface area contributed by atoms with Crippen LogP contribution in [0, 0.1) is 0 Å². The maximum Gasteiger partial charge on any atom is 0.406 e. The Morgan fingerprint density at radius 3 is 2.28 bits per heavy atom. The maximum absolute atomic E-state index is 12.4. The average Bonchev–Trinajstić information content (AvgIpc) is 2.29. The Hall–Kier alpha value is -1.53. The fourth-order valence-electron chi connectivity index (χ4n) is 1.80. The zero-order valence-corrected chi connectivity index (χ0v) is 10.6. The number of aryl methyl sites for hydroxylation is 1. The van der Waals surface area contributed by atoms with Gasteiger partial charge in [-0.05, 0) is 12.8 Å². The summed E-state index contributed by atoms with van der Waals surface area (Å²) < 4.78 is 38.0. The third-order valence-electron chi connectivity index (χ3n) is 2.60. The van der Waals surface area contributed by atoms with Gasteiger partial charge < -0.3 is 5.32 Å². The van der Waals surface area contributed by atoms with Crippen LogP contribution in [-0.4, -0.2) is 22.8 Å². The summed E-state index contributed by atoms with van der Waals surface area (Å²) in [5, 5.41) is 2.54. The van der Waals surface area contributed by atoms with Crippen molar-refractivity contribution < 1.29 is 13.2 Å². The highest BCUT2D eigenvalue weighted by Crippen LogP contribution is 2.19. The van der Waals surface area contributed by atoms with Crippen LogP contribution in [0.3, 0.4) is 0 Å². The zero-order valence-electron chi connectivity index (χ0n) is 10.6. The van der Waals surface area contributed by atoms with Gasteiger partial charge in [-0.15, -0.1) is 0 Å². The zero-order chi connectivity index (χ0) is 13.9. The van der Waals surface area contributed by atoms with Crippen LogP contribution in [0.4, 0.5) is 19.1 Å². The molecule has 0 aliphatic rings. The minimum Gasteiger partial charge on any atom is -0.359 e. The molecule has 0 aromatic carbocycles. The van der Waals surface area contributed by atoms with Gasteiger partial charge in [0.05, 0.1) is 5.69 Å². The molecular formula is C11H16F3N3O. The van der Waals surface area contributed by atoms with Gasteiger partial charge in [0, 0.05) is 12.6 Å². The summed E-state index contributed by atoms with van der Waals surface area (Å²) in [5.74, 6) is -0.0497. The second kappa shape index (κ2) is 5.41. The summed E-state index contributed by atoms with van der Waals surface area (Å²) in [6.07, 6.45) is -3.56. The number of nitrogens with one attached hydrogen (secondary N) is 1. The summed E-state index contributed by atoms with van der Waals surface area (Å²) in [6.45, 7) is 2.22. The molecule has 1 N–H and O–H groups in total. The van der Waals surface area contributed by atoms with Crippen LogP contribution in [0.2, 0.25) is 0 Å². The summed E-state index contributed by atoms with van der Waals surface area (Å²) >= 11 is 0. The molecule has 1 rings (SSSR count). The first-order valence-electron chi connectivity index (χ1n) is 5.71. The van der Waals surface area contributed by atoms with Crippen molar-refractivity contribution in [2.45, 2.75) is 39.4 Å². The van der Waals surface area contributed by atoms with E-state index in [4.69, 9.17) is 0 Å². The van der Waals surface area contributed by atoms with Crippen molar-refractivity contribution in [3.63, 3.8) is 0 Å². The number of anilines is 1. The SMILES string of the molecule is CCc1nc(NC)n(CC(F)(F)F)c(=O)c1CC. The van der Waals surface area contributed by atoms with Crippen molar-refractivity contribution in [3.05, 3.63) is 21.6 Å². The molecule has 1 aromatic heterocycles. The largest absolute Gasteiger partial charge is 0.406 e. The molecule has 0 saturated carbocycles. The standard InChI is InChI=1S/C11H16F3N3O/c1-4-7-8(5-2)16-10(15-3)17(9(7)18)6-11(12,13)14/h4-6H2,1-3H3,(H,15,16). The van der Waals surface area contributed by atoms with E-state index < -0.39 is 18.3 Å². The number of hydrogen-bond acceptors (Lipinski definition) is 3. The van der Waals surface area contributed by atoms with E-state index in [1.807, 2.05) is 6.92 Å². The van der Waals surface area contributed by atoms with Gasteiger partial charge in [-0.3, -0.25) is 9.36 Å². The van der Waals surface area contributed by atoms with E-state index in [0.717, 1.165) is 0 Å². The van der Waals surface area contributed by atoms with Crippen molar-refractivity contribution in [2.75, 3.05) is 12.4 Å². The van der Waals surface area contributed by atoms with Crippen molar-refractivity contribution in [1.29, 1.82) is 0 Å². The van der Waals surface area contributed by atoms with Gasteiger partial charge >= 0.3 is 6.18 Å². The fraction of sp³-hybridized carbons (Fsp3) is 0.636. The summed E-state index contributed by atoms with van der Waals surface area (Å²) in [7, 11) is 1.44. The first-order chi connectivity index (χ1) is 8.34. The van der Waals surface area contributed by atoms with Gasteiger partial charge in [0.15, 0.2) is 0 Å². The van der Waals surface area contributed by atoms with Crippen LogP contribution >= 0.6 is 0 Å². The Morgan fingerprint density at radius 2 is 1.89 bits per heavy atom. The van der Waals surface area contributed by atoms with Gasteiger partial charge in [0.1, 0.15) is 6.54 Å². The molecule has 0 bridgehead atoms. The number of hydrogen-bond donors (Lipinski definition) is 1. The minimum absolute atomic E-state index is 0.0497. The van der Waals surface area contributed by atoms with Gasteiger partial charge in [-0.25, -0.2) is 4.98 Å². The van der Waals surface area contributed by atoms with E-state index in [2.05, 4.69) is 10.3 Å². The fourth-order valence-corrected chi connectivity index (χ4v) is 1.80. The lowest BCUT2D eigenvalue weighted by atomic mass is 10.1. The Balaban J connectivity index is 3.45. The molecule has 7 heteroatoms. The third kappa shape index (κ3) is 3.02. The molecule has 0 saturated heterocycles. The van der Waals surface area contributed by atoms with Crippen LogP contribution < -0.4 is 10.9 Å². The van der Waals surface area contributed by atoms with E-state index in [-0.39, 0.29) is 5.95 Å². The first kappa shape index (κ1) is 14.5. The van der Waals surface area contributed by atoms with Gasteiger partial charge in [-0.1, -0.05) is 13.8 Å². The highest BCUT2D eigenvalue weighted by atomic mass is 19.4. The molecule has 0 fully saturated rings. The highest BCUT2D eigenvalue weighted by molar-refractivity contribution is 5.31. The number of nitrogens with zero attached hydrogens (tertiary/aromatic N) is 2. The number of alkyl halides is 3. The maximum atomic E-state index is 12.4. The Morgan fingerprint density at radius 1 is 1.28 bits per heavy atom. The second-order valence-electron chi connectivity index (χ2n) is 3.82. The molecule has 0 aliphatic heterocycles. The van der Waals surface area contributed by atoms with Crippen molar-refractivity contribution >= 4 is 5.95 Å².